The number of rotatable bonds is 4. The summed E-state index contributed by atoms with van der Waals surface area (Å²) in [4.78, 5) is 28.7. The molecule has 0 unspecified atom stereocenters. The quantitative estimate of drug-likeness (QED) is 0.621. The lowest BCUT2D eigenvalue weighted by atomic mass is 10.1. The van der Waals surface area contributed by atoms with E-state index in [1.165, 1.54) is 11.9 Å². The molecule has 1 aromatic heterocycles. The molecule has 0 radical (unpaired) electrons. The molecule has 2 amide bonds. The molecule has 2 heterocycles. The first-order valence-corrected chi connectivity index (χ1v) is 7.45. The van der Waals surface area contributed by atoms with Crippen LogP contribution in [0, 0.1) is 0 Å². The largest absolute Gasteiger partial charge is 0.387 e. The summed E-state index contributed by atoms with van der Waals surface area (Å²) in [5.74, 6) is -1.64. The zero-order valence-corrected chi connectivity index (χ0v) is 13.3. The number of anilines is 1. The van der Waals surface area contributed by atoms with Crippen LogP contribution in [-0.4, -0.2) is 62.2 Å². The van der Waals surface area contributed by atoms with Crippen molar-refractivity contribution >= 4 is 17.5 Å². The Morgan fingerprint density at radius 1 is 1.24 bits per heavy atom. The van der Waals surface area contributed by atoms with Gasteiger partial charge in [-0.15, -0.1) is 5.10 Å². The van der Waals surface area contributed by atoms with Crippen LogP contribution in [0.5, 0.6) is 0 Å². The van der Waals surface area contributed by atoms with Gasteiger partial charge in [0.05, 0.1) is 0 Å². The smallest absolute Gasteiger partial charge is 0.288 e. The second-order valence-corrected chi connectivity index (χ2v) is 5.57. The first kappa shape index (κ1) is 17.0. The van der Waals surface area contributed by atoms with Crippen molar-refractivity contribution in [3.05, 3.63) is 42.5 Å². The third-order valence-electron chi connectivity index (χ3n) is 3.95. The van der Waals surface area contributed by atoms with Gasteiger partial charge in [0.15, 0.2) is 12.3 Å². The molecule has 0 spiro atoms. The minimum atomic E-state index is -1.47. The monoisotopic (exact) mass is 347 g/mol. The molecule has 0 bridgehead atoms. The van der Waals surface area contributed by atoms with Gasteiger partial charge in [-0.25, -0.2) is 9.67 Å². The lowest BCUT2D eigenvalue weighted by Crippen LogP contribution is -2.43. The van der Waals surface area contributed by atoms with Crippen LogP contribution in [0.1, 0.15) is 16.8 Å². The number of aliphatic hydroxyl groups is 2. The number of aliphatic hydroxyl groups excluding tert-OH is 2. The average Bonchev–Trinajstić information content (AvgIpc) is 3.21. The number of ether oxygens (including phenoxy) is 1. The molecule has 10 nitrogen and oxygen atoms in total. The summed E-state index contributed by atoms with van der Waals surface area (Å²) in [7, 11) is 1.54. The molecule has 3 rings (SSSR count). The van der Waals surface area contributed by atoms with Crippen molar-refractivity contribution in [2.45, 2.75) is 24.5 Å². The van der Waals surface area contributed by atoms with Gasteiger partial charge >= 0.3 is 0 Å². The molecule has 2 aromatic rings. The Balaban J connectivity index is 1.79. The van der Waals surface area contributed by atoms with Gasteiger partial charge in [-0.3, -0.25) is 9.59 Å². The lowest BCUT2D eigenvalue weighted by Gasteiger charge is -2.22. The zero-order chi connectivity index (χ0) is 18.1. The minimum absolute atomic E-state index is 0.263. The fourth-order valence-corrected chi connectivity index (χ4v) is 2.56. The van der Waals surface area contributed by atoms with Crippen LogP contribution in [0.3, 0.4) is 0 Å². The zero-order valence-electron chi connectivity index (χ0n) is 13.3. The number of nitrogens with two attached hydrogens (primary N) is 1. The number of likely N-dealkylation sites (N-methyl/N-ethyl adjacent to an activating group) is 1. The number of nitrogens with zero attached hydrogens (tertiary/aromatic N) is 4. The van der Waals surface area contributed by atoms with E-state index in [0.717, 1.165) is 11.0 Å². The topological polar surface area (TPSA) is 144 Å². The van der Waals surface area contributed by atoms with Gasteiger partial charge in [0, 0.05) is 12.7 Å². The number of carbonyl (C=O) groups is 2. The van der Waals surface area contributed by atoms with Crippen molar-refractivity contribution in [2.75, 3.05) is 11.9 Å². The average molecular weight is 347 g/mol. The number of benzene rings is 1. The number of aromatic nitrogens is 3. The Hall–Kier alpha value is -2.82. The third-order valence-corrected chi connectivity index (χ3v) is 3.95. The van der Waals surface area contributed by atoms with Crippen LogP contribution >= 0.6 is 0 Å². The van der Waals surface area contributed by atoms with E-state index in [4.69, 9.17) is 10.5 Å². The predicted molar refractivity (Wildman–Crippen MR) is 84.3 cm³/mol. The molecule has 4 N–H and O–H groups in total. The Kier molecular flexibility index (Phi) is 4.49. The molecule has 0 aliphatic carbocycles. The first-order chi connectivity index (χ1) is 11.9. The van der Waals surface area contributed by atoms with Gasteiger partial charge < -0.3 is 25.6 Å². The Bertz CT molecular complexity index is 780. The standard InChI is InChI=1S/C15H17N5O5/c1-19(8-5-3-2-4-6-8)14(24)11-9(21)10(22)15(25-11)20-7-17-13(18-20)12(16)23/h2-7,9-11,15,21-22H,1H3,(H2,16,23)/t9-,10+,11-,15+/m0/s1. The molecule has 1 fully saturated rings. The van der Waals surface area contributed by atoms with E-state index in [1.807, 2.05) is 6.07 Å². The van der Waals surface area contributed by atoms with E-state index in [9.17, 15) is 19.8 Å². The molecule has 1 aliphatic heterocycles. The molecule has 1 aromatic carbocycles. The third kappa shape index (κ3) is 3.09. The van der Waals surface area contributed by atoms with E-state index >= 15 is 0 Å². The van der Waals surface area contributed by atoms with Crippen LogP contribution in [-0.2, 0) is 9.53 Å². The van der Waals surface area contributed by atoms with E-state index in [-0.39, 0.29) is 5.82 Å². The maximum atomic E-state index is 12.6. The summed E-state index contributed by atoms with van der Waals surface area (Å²) in [6.07, 6.45) is -4.24. The van der Waals surface area contributed by atoms with Crippen molar-refractivity contribution in [3.63, 3.8) is 0 Å². The fourth-order valence-electron chi connectivity index (χ4n) is 2.56. The van der Waals surface area contributed by atoms with E-state index in [1.54, 1.807) is 24.3 Å². The molecule has 1 saturated heterocycles. The minimum Gasteiger partial charge on any atom is -0.387 e. The van der Waals surface area contributed by atoms with Gasteiger partial charge in [0.25, 0.3) is 11.8 Å². The highest BCUT2D eigenvalue weighted by Crippen LogP contribution is 2.30. The highest BCUT2D eigenvalue weighted by atomic mass is 16.6. The first-order valence-electron chi connectivity index (χ1n) is 7.45. The van der Waals surface area contributed by atoms with Gasteiger partial charge in [0.2, 0.25) is 5.82 Å². The fraction of sp³-hybridized carbons (Fsp3) is 0.333. The van der Waals surface area contributed by atoms with Crippen molar-refractivity contribution < 1.29 is 24.5 Å². The number of primary amides is 1. The van der Waals surface area contributed by atoms with Crippen LogP contribution in [0.4, 0.5) is 5.69 Å². The van der Waals surface area contributed by atoms with Gasteiger partial charge in [-0.2, -0.15) is 0 Å². The molecule has 132 valence electrons. The number of amides is 2. The number of para-hydroxylation sites is 1. The van der Waals surface area contributed by atoms with Crippen molar-refractivity contribution in [1.82, 2.24) is 14.8 Å². The summed E-state index contributed by atoms with van der Waals surface area (Å²) < 4.78 is 6.53. The molecule has 4 atom stereocenters. The van der Waals surface area contributed by atoms with Crippen molar-refractivity contribution in [1.29, 1.82) is 0 Å². The highest BCUT2D eigenvalue weighted by Gasteiger charge is 2.48. The highest BCUT2D eigenvalue weighted by molar-refractivity contribution is 5.96. The summed E-state index contributed by atoms with van der Waals surface area (Å²) in [5.41, 5.74) is 5.69. The SMILES string of the molecule is CN(C(=O)[C@H]1O[C@@H](n2cnc(C(N)=O)n2)[C@H](O)[C@@H]1O)c1ccccc1. The van der Waals surface area contributed by atoms with Crippen LogP contribution < -0.4 is 10.6 Å². The van der Waals surface area contributed by atoms with E-state index < -0.39 is 36.4 Å². The van der Waals surface area contributed by atoms with Crippen LogP contribution in [0.25, 0.3) is 0 Å². The Morgan fingerprint density at radius 3 is 2.52 bits per heavy atom. The second-order valence-electron chi connectivity index (χ2n) is 5.57. The van der Waals surface area contributed by atoms with Gasteiger partial charge in [-0.1, -0.05) is 18.2 Å². The second kappa shape index (κ2) is 6.59. The predicted octanol–water partition coefficient (Wildman–Crippen LogP) is -1.34. The van der Waals surface area contributed by atoms with E-state index in [2.05, 4.69) is 10.1 Å². The van der Waals surface area contributed by atoms with Crippen molar-refractivity contribution in [3.8, 4) is 0 Å². The molecule has 1 aliphatic rings. The number of hydrogen-bond acceptors (Lipinski definition) is 7. The van der Waals surface area contributed by atoms with Crippen molar-refractivity contribution in [2.24, 2.45) is 5.73 Å². The van der Waals surface area contributed by atoms with Crippen LogP contribution in [0.2, 0.25) is 0 Å². The molecule has 0 saturated carbocycles. The normalized spacial score (nSPS) is 25.7. The number of hydrogen-bond donors (Lipinski definition) is 3. The maximum absolute atomic E-state index is 12.6. The molecular weight excluding hydrogens is 330 g/mol. The maximum Gasteiger partial charge on any atom is 0.288 e. The molecular formula is C15H17N5O5. The summed E-state index contributed by atoms with van der Waals surface area (Å²) in [6.45, 7) is 0. The summed E-state index contributed by atoms with van der Waals surface area (Å²) in [6, 6.07) is 8.80. The van der Waals surface area contributed by atoms with Crippen LogP contribution in [0.15, 0.2) is 36.7 Å². The van der Waals surface area contributed by atoms with Gasteiger partial charge in [0.1, 0.15) is 18.5 Å². The van der Waals surface area contributed by atoms with E-state index in [0.29, 0.717) is 5.69 Å². The number of carbonyl (C=O) groups excluding carboxylic acids is 2. The Labute approximate surface area is 142 Å². The summed E-state index contributed by atoms with van der Waals surface area (Å²) >= 11 is 0. The Morgan fingerprint density at radius 2 is 1.92 bits per heavy atom. The lowest BCUT2D eigenvalue weighted by molar-refractivity contribution is -0.135. The molecule has 10 heteroatoms. The summed E-state index contributed by atoms with van der Waals surface area (Å²) in [5, 5.41) is 24.2. The molecule has 25 heavy (non-hydrogen) atoms. The van der Waals surface area contributed by atoms with Gasteiger partial charge in [-0.05, 0) is 12.1 Å².